The fourth-order valence-corrected chi connectivity index (χ4v) is 2.13. The maximum Gasteiger partial charge on any atom is 0.238 e. The number of nitrogens with zero attached hydrogens (tertiary/aromatic N) is 1. The molecular formula is C13H17F2N3O. The summed E-state index contributed by atoms with van der Waals surface area (Å²) in [7, 11) is 0. The van der Waals surface area contributed by atoms with Crippen LogP contribution in [-0.4, -0.2) is 43.0 Å². The Morgan fingerprint density at radius 3 is 2.74 bits per heavy atom. The molecule has 0 bridgehead atoms. The van der Waals surface area contributed by atoms with Crippen molar-refractivity contribution in [3.63, 3.8) is 0 Å². The van der Waals surface area contributed by atoms with Gasteiger partial charge in [-0.1, -0.05) is 0 Å². The van der Waals surface area contributed by atoms with E-state index in [1.54, 1.807) is 0 Å². The molecule has 6 heteroatoms. The number of piperazine rings is 1. The Bertz CT molecular complexity index is 447. The number of rotatable bonds is 3. The van der Waals surface area contributed by atoms with Crippen LogP contribution in [-0.2, 0) is 4.79 Å². The van der Waals surface area contributed by atoms with Crippen LogP contribution in [0.1, 0.15) is 6.92 Å². The molecule has 19 heavy (non-hydrogen) atoms. The molecule has 1 heterocycles. The van der Waals surface area contributed by atoms with Gasteiger partial charge < -0.3 is 10.6 Å². The predicted octanol–water partition coefficient (Wildman–Crippen LogP) is 1.20. The molecule has 4 nitrogen and oxygen atoms in total. The monoisotopic (exact) mass is 269 g/mol. The first-order valence-corrected chi connectivity index (χ1v) is 6.25. The van der Waals surface area contributed by atoms with E-state index in [1.165, 1.54) is 0 Å². The maximum atomic E-state index is 13.0. The lowest BCUT2D eigenvalue weighted by atomic mass is 10.2. The molecule has 0 unspecified atom stereocenters. The number of benzene rings is 1. The Hall–Kier alpha value is -1.53. The van der Waals surface area contributed by atoms with Crippen molar-refractivity contribution in [1.82, 2.24) is 10.2 Å². The fraction of sp³-hybridized carbons (Fsp3) is 0.462. The van der Waals surface area contributed by atoms with Crippen LogP contribution in [0.5, 0.6) is 0 Å². The quantitative estimate of drug-likeness (QED) is 0.866. The Kier molecular flexibility index (Phi) is 4.44. The number of hydrogen-bond acceptors (Lipinski definition) is 3. The van der Waals surface area contributed by atoms with Gasteiger partial charge in [-0.05, 0) is 19.1 Å². The SMILES string of the molecule is C[C@@H]1CNCCN1CC(=O)Nc1cc(F)cc(F)c1. The largest absolute Gasteiger partial charge is 0.325 e. The van der Waals surface area contributed by atoms with E-state index in [4.69, 9.17) is 0 Å². The maximum absolute atomic E-state index is 13.0. The molecule has 0 aliphatic carbocycles. The minimum atomic E-state index is -0.703. The lowest BCUT2D eigenvalue weighted by Crippen LogP contribution is -2.51. The number of halogens is 2. The highest BCUT2D eigenvalue weighted by Gasteiger charge is 2.20. The van der Waals surface area contributed by atoms with Gasteiger partial charge in [-0.3, -0.25) is 9.69 Å². The summed E-state index contributed by atoms with van der Waals surface area (Å²) in [5.41, 5.74) is 0.144. The zero-order valence-corrected chi connectivity index (χ0v) is 10.7. The standard InChI is InChI=1S/C13H17F2N3O/c1-9-7-16-2-3-18(9)8-13(19)17-12-5-10(14)4-11(15)6-12/h4-6,9,16H,2-3,7-8H2,1H3,(H,17,19)/t9-/m1/s1. The van der Waals surface area contributed by atoms with E-state index in [-0.39, 0.29) is 24.2 Å². The fourth-order valence-electron chi connectivity index (χ4n) is 2.13. The Labute approximate surface area is 110 Å². The van der Waals surface area contributed by atoms with Crippen LogP contribution >= 0.6 is 0 Å². The van der Waals surface area contributed by atoms with Gasteiger partial charge in [0.25, 0.3) is 0 Å². The van der Waals surface area contributed by atoms with E-state index >= 15 is 0 Å². The number of anilines is 1. The zero-order valence-electron chi connectivity index (χ0n) is 10.7. The number of hydrogen-bond donors (Lipinski definition) is 2. The van der Waals surface area contributed by atoms with Gasteiger partial charge in [0.2, 0.25) is 5.91 Å². The molecule has 104 valence electrons. The van der Waals surface area contributed by atoms with Gasteiger partial charge in [0.05, 0.1) is 6.54 Å². The number of carbonyl (C=O) groups excluding carboxylic acids is 1. The Balaban J connectivity index is 1.93. The third-order valence-corrected chi connectivity index (χ3v) is 3.13. The first-order valence-electron chi connectivity index (χ1n) is 6.25. The average molecular weight is 269 g/mol. The van der Waals surface area contributed by atoms with Crippen LogP contribution in [0, 0.1) is 11.6 Å². The van der Waals surface area contributed by atoms with Crippen LogP contribution in [0.3, 0.4) is 0 Å². The van der Waals surface area contributed by atoms with Crippen LogP contribution in [0.15, 0.2) is 18.2 Å². The smallest absolute Gasteiger partial charge is 0.238 e. The first-order chi connectivity index (χ1) is 9.04. The van der Waals surface area contributed by atoms with E-state index in [0.717, 1.165) is 37.8 Å². The molecule has 1 aliphatic rings. The third kappa shape index (κ3) is 3.97. The minimum Gasteiger partial charge on any atom is -0.325 e. The molecule has 1 atom stereocenters. The summed E-state index contributed by atoms with van der Waals surface area (Å²) in [5.74, 6) is -1.67. The molecular weight excluding hydrogens is 252 g/mol. The highest BCUT2D eigenvalue weighted by atomic mass is 19.1. The van der Waals surface area contributed by atoms with Crippen molar-refractivity contribution in [2.75, 3.05) is 31.5 Å². The van der Waals surface area contributed by atoms with Crippen LogP contribution in [0.25, 0.3) is 0 Å². The van der Waals surface area contributed by atoms with Gasteiger partial charge in [0, 0.05) is 37.4 Å². The molecule has 2 rings (SSSR count). The molecule has 0 spiro atoms. The summed E-state index contributed by atoms with van der Waals surface area (Å²) in [5, 5.41) is 5.74. The minimum absolute atomic E-state index is 0.144. The van der Waals surface area contributed by atoms with Gasteiger partial charge in [-0.25, -0.2) is 8.78 Å². The van der Waals surface area contributed by atoms with Crippen LogP contribution in [0.4, 0.5) is 14.5 Å². The summed E-state index contributed by atoms with van der Waals surface area (Å²) in [6.07, 6.45) is 0. The molecule has 2 N–H and O–H groups in total. The van der Waals surface area contributed by atoms with E-state index in [2.05, 4.69) is 10.6 Å². The van der Waals surface area contributed by atoms with Gasteiger partial charge in [0.1, 0.15) is 11.6 Å². The highest BCUT2D eigenvalue weighted by Crippen LogP contribution is 2.13. The molecule has 1 amide bonds. The third-order valence-electron chi connectivity index (χ3n) is 3.13. The van der Waals surface area contributed by atoms with Crippen LogP contribution < -0.4 is 10.6 Å². The number of carbonyl (C=O) groups is 1. The van der Waals surface area contributed by atoms with Crippen molar-refractivity contribution in [2.45, 2.75) is 13.0 Å². The molecule has 0 saturated carbocycles. The molecule has 1 aromatic carbocycles. The van der Waals surface area contributed by atoms with Crippen molar-refractivity contribution in [2.24, 2.45) is 0 Å². The van der Waals surface area contributed by atoms with Crippen molar-refractivity contribution in [3.8, 4) is 0 Å². The molecule has 1 saturated heterocycles. The molecule has 1 aliphatic heterocycles. The second-order valence-electron chi connectivity index (χ2n) is 4.73. The highest BCUT2D eigenvalue weighted by molar-refractivity contribution is 5.92. The second kappa shape index (κ2) is 6.08. The average Bonchev–Trinajstić information content (AvgIpc) is 2.30. The molecule has 0 aromatic heterocycles. The summed E-state index contributed by atoms with van der Waals surface area (Å²) in [6, 6.07) is 3.24. The van der Waals surface area contributed by atoms with E-state index < -0.39 is 11.6 Å². The Morgan fingerprint density at radius 1 is 1.42 bits per heavy atom. The van der Waals surface area contributed by atoms with Gasteiger partial charge in [-0.2, -0.15) is 0 Å². The van der Waals surface area contributed by atoms with Crippen molar-refractivity contribution in [3.05, 3.63) is 29.8 Å². The van der Waals surface area contributed by atoms with Gasteiger partial charge in [0.15, 0.2) is 0 Å². The first kappa shape index (κ1) is 13.9. The van der Waals surface area contributed by atoms with E-state index in [0.29, 0.717) is 0 Å². The van der Waals surface area contributed by atoms with Gasteiger partial charge >= 0.3 is 0 Å². The number of nitrogens with one attached hydrogen (secondary N) is 2. The summed E-state index contributed by atoms with van der Waals surface area (Å²) >= 11 is 0. The topological polar surface area (TPSA) is 44.4 Å². The summed E-state index contributed by atoms with van der Waals surface area (Å²) < 4.78 is 26.0. The second-order valence-corrected chi connectivity index (χ2v) is 4.73. The van der Waals surface area contributed by atoms with Crippen molar-refractivity contribution in [1.29, 1.82) is 0 Å². The lowest BCUT2D eigenvalue weighted by molar-refractivity contribution is -0.118. The predicted molar refractivity (Wildman–Crippen MR) is 68.9 cm³/mol. The van der Waals surface area contributed by atoms with Gasteiger partial charge in [-0.15, -0.1) is 0 Å². The Morgan fingerprint density at radius 2 is 2.11 bits per heavy atom. The lowest BCUT2D eigenvalue weighted by Gasteiger charge is -2.33. The summed E-state index contributed by atoms with van der Waals surface area (Å²) in [6.45, 7) is 4.71. The van der Waals surface area contributed by atoms with E-state index in [9.17, 15) is 13.6 Å². The van der Waals surface area contributed by atoms with Crippen molar-refractivity contribution < 1.29 is 13.6 Å². The van der Waals surface area contributed by atoms with E-state index in [1.807, 2.05) is 11.8 Å². The molecule has 1 fully saturated rings. The zero-order chi connectivity index (χ0) is 13.8. The molecule has 1 aromatic rings. The number of amides is 1. The normalized spacial score (nSPS) is 20.3. The molecule has 0 radical (unpaired) electrons. The summed E-state index contributed by atoms with van der Waals surface area (Å²) in [4.78, 5) is 13.9. The van der Waals surface area contributed by atoms with Crippen molar-refractivity contribution >= 4 is 11.6 Å². The van der Waals surface area contributed by atoms with Crippen LogP contribution in [0.2, 0.25) is 0 Å².